The Bertz CT molecular complexity index is 947. The van der Waals surface area contributed by atoms with Crippen molar-refractivity contribution in [2.45, 2.75) is 20.3 Å². The van der Waals surface area contributed by atoms with E-state index in [-0.39, 0.29) is 5.56 Å². The first-order valence-electron chi connectivity index (χ1n) is 7.50. The zero-order valence-electron chi connectivity index (χ0n) is 13.1. The van der Waals surface area contributed by atoms with Gasteiger partial charge in [0.15, 0.2) is 0 Å². The van der Waals surface area contributed by atoms with E-state index in [9.17, 15) is 4.79 Å². The lowest BCUT2D eigenvalue weighted by Crippen LogP contribution is -2.26. The van der Waals surface area contributed by atoms with Crippen LogP contribution in [0.25, 0.3) is 16.6 Å². The van der Waals surface area contributed by atoms with E-state index in [2.05, 4.69) is 4.98 Å². The average Bonchev–Trinajstić information content (AvgIpc) is 2.51. The molecule has 0 amide bonds. The first kappa shape index (κ1) is 15.7. The Morgan fingerprint density at radius 3 is 2.74 bits per heavy atom. The highest BCUT2D eigenvalue weighted by molar-refractivity contribution is 6.35. The fourth-order valence-electron chi connectivity index (χ4n) is 2.74. The fraction of sp³-hybridized carbons (Fsp3) is 0.222. The molecule has 3 aromatic rings. The Hall–Kier alpha value is -2.17. The standard InChI is InChI=1S/C18H18ClN3O/c1-11-6-7-12(2)15(10-11)22-16(8-9-20)21-14-5-3-4-13(19)17(14)18(22)23/h3-7,10H,8-9,20H2,1-2H3. The number of hydrogen-bond donors (Lipinski definition) is 1. The van der Waals surface area contributed by atoms with E-state index in [1.54, 1.807) is 22.8 Å². The van der Waals surface area contributed by atoms with Crippen LogP contribution in [0.15, 0.2) is 41.2 Å². The summed E-state index contributed by atoms with van der Waals surface area (Å²) in [6.07, 6.45) is 0.519. The van der Waals surface area contributed by atoms with Crippen LogP contribution in [0.4, 0.5) is 0 Å². The van der Waals surface area contributed by atoms with Gasteiger partial charge in [0, 0.05) is 6.42 Å². The summed E-state index contributed by atoms with van der Waals surface area (Å²) in [6, 6.07) is 11.3. The van der Waals surface area contributed by atoms with Gasteiger partial charge in [-0.3, -0.25) is 9.36 Å². The van der Waals surface area contributed by atoms with Crippen molar-refractivity contribution in [3.05, 3.63) is 68.7 Å². The Balaban J connectivity index is 2.45. The highest BCUT2D eigenvalue weighted by Gasteiger charge is 2.15. The SMILES string of the molecule is Cc1ccc(C)c(-n2c(CCN)nc3cccc(Cl)c3c2=O)c1. The molecular formula is C18H18ClN3O. The highest BCUT2D eigenvalue weighted by atomic mass is 35.5. The minimum Gasteiger partial charge on any atom is -0.330 e. The summed E-state index contributed by atoms with van der Waals surface area (Å²) in [5.74, 6) is 0.654. The Labute approximate surface area is 139 Å². The predicted molar refractivity (Wildman–Crippen MR) is 94.6 cm³/mol. The van der Waals surface area contributed by atoms with Crippen LogP contribution in [0, 0.1) is 13.8 Å². The topological polar surface area (TPSA) is 60.9 Å². The zero-order chi connectivity index (χ0) is 16.6. The van der Waals surface area contributed by atoms with Crippen molar-refractivity contribution >= 4 is 22.5 Å². The van der Waals surface area contributed by atoms with Gasteiger partial charge in [-0.1, -0.05) is 29.8 Å². The summed E-state index contributed by atoms with van der Waals surface area (Å²) in [6.45, 7) is 4.39. The smallest absolute Gasteiger partial charge is 0.267 e. The lowest BCUT2D eigenvalue weighted by molar-refractivity contribution is 0.793. The molecule has 0 unspecified atom stereocenters. The van der Waals surface area contributed by atoms with Gasteiger partial charge in [0.25, 0.3) is 5.56 Å². The van der Waals surface area contributed by atoms with E-state index in [0.29, 0.717) is 34.7 Å². The molecule has 3 rings (SSSR count). The van der Waals surface area contributed by atoms with Crippen molar-refractivity contribution in [2.24, 2.45) is 5.73 Å². The first-order valence-corrected chi connectivity index (χ1v) is 7.88. The monoisotopic (exact) mass is 327 g/mol. The van der Waals surface area contributed by atoms with Crippen molar-refractivity contribution in [1.29, 1.82) is 0 Å². The molecule has 1 heterocycles. The third kappa shape index (κ3) is 2.76. The summed E-state index contributed by atoms with van der Waals surface area (Å²) in [5.41, 5.74) is 9.08. The van der Waals surface area contributed by atoms with Crippen LogP contribution in [-0.4, -0.2) is 16.1 Å². The molecule has 0 fully saturated rings. The first-order chi connectivity index (χ1) is 11.0. The number of nitrogens with zero attached hydrogens (tertiary/aromatic N) is 2. The minimum atomic E-state index is -0.155. The second-order valence-electron chi connectivity index (χ2n) is 5.63. The van der Waals surface area contributed by atoms with E-state index in [1.165, 1.54) is 0 Å². The third-order valence-corrected chi connectivity index (χ3v) is 4.20. The Morgan fingerprint density at radius 1 is 1.22 bits per heavy atom. The summed E-state index contributed by atoms with van der Waals surface area (Å²) >= 11 is 6.24. The van der Waals surface area contributed by atoms with Gasteiger partial charge in [-0.05, 0) is 49.7 Å². The Morgan fingerprint density at radius 2 is 2.00 bits per heavy atom. The van der Waals surface area contributed by atoms with Crippen molar-refractivity contribution in [1.82, 2.24) is 9.55 Å². The average molecular weight is 328 g/mol. The maximum Gasteiger partial charge on any atom is 0.267 e. The summed E-state index contributed by atoms with van der Waals surface area (Å²) in [7, 11) is 0. The van der Waals surface area contributed by atoms with Gasteiger partial charge in [-0.25, -0.2) is 4.98 Å². The molecule has 118 valence electrons. The molecule has 5 heteroatoms. The largest absolute Gasteiger partial charge is 0.330 e. The molecule has 2 aromatic carbocycles. The molecule has 0 spiro atoms. The number of benzene rings is 2. The second kappa shape index (κ2) is 6.14. The molecule has 0 aliphatic rings. The number of aromatic nitrogens is 2. The van der Waals surface area contributed by atoms with Gasteiger partial charge in [0.2, 0.25) is 0 Å². The molecule has 0 bridgehead atoms. The second-order valence-corrected chi connectivity index (χ2v) is 6.04. The fourth-order valence-corrected chi connectivity index (χ4v) is 2.99. The summed E-state index contributed by atoms with van der Waals surface area (Å²) in [5, 5.41) is 0.856. The molecule has 0 radical (unpaired) electrons. The van der Waals surface area contributed by atoms with Crippen LogP contribution in [0.2, 0.25) is 5.02 Å². The van der Waals surface area contributed by atoms with E-state index < -0.39 is 0 Å². The van der Waals surface area contributed by atoms with Crippen molar-refractivity contribution in [3.63, 3.8) is 0 Å². The maximum atomic E-state index is 13.1. The minimum absolute atomic E-state index is 0.155. The van der Waals surface area contributed by atoms with Crippen LogP contribution >= 0.6 is 11.6 Å². The van der Waals surface area contributed by atoms with Gasteiger partial charge in [-0.2, -0.15) is 0 Å². The Kier molecular flexibility index (Phi) is 4.20. The lowest BCUT2D eigenvalue weighted by Gasteiger charge is -2.16. The molecule has 1 aromatic heterocycles. The normalized spacial score (nSPS) is 11.1. The number of fused-ring (bicyclic) bond motifs is 1. The van der Waals surface area contributed by atoms with Gasteiger partial charge >= 0.3 is 0 Å². The molecule has 2 N–H and O–H groups in total. The van der Waals surface area contributed by atoms with E-state index in [1.807, 2.05) is 32.0 Å². The van der Waals surface area contributed by atoms with Crippen LogP contribution in [0.1, 0.15) is 17.0 Å². The number of nitrogens with two attached hydrogens (primary N) is 1. The maximum absolute atomic E-state index is 13.1. The quantitative estimate of drug-likeness (QED) is 0.803. The molecule has 23 heavy (non-hydrogen) atoms. The number of halogens is 1. The third-order valence-electron chi connectivity index (χ3n) is 3.89. The van der Waals surface area contributed by atoms with Crippen LogP contribution in [0.5, 0.6) is 0 Å². The van der Waals surface area contributed by atoms with E-state index in [4.69, 9.17) is 17.3 Å². The van der Waals surface area contributed by atoms with Gasteiger partial charge in [0.1, 0.15) is 5.82 Å². The lowest BCUT2D eigenvalue weighted by atomic mass is 10.1. The molecular weight excluding hydrogens is 310 g/mol. The molecule has 0 aliphatic heterocycles. The highest BCUT2D eigenvalue weighted by Crippen LogP contribution is 2.22. The molecule has 0 aliphatic carbocycles. The van der Waals surface area contributed by atoms with Crippen molar-refractivity contribution in [3.8, 4) is 5.69 Å². The summed E-state index contributed by atoms with van der Waals surface area (Å²) in [4.78, 5) is 17.7. The van der Waals surface area contributed by atoms with Gasteiger partial charge < -0.3 is 5.73 Å². The van der Waals surface area contributed by atoms with Crippen LogP contribution < -0.4 is 11.3 Å². The molecule has 0 saturated heterocycles. The van der Waals surface area contributed by atoms with Gasteiger partial charge in [-0.15, -0.1) is 0 Å². The van der Waals surface area contributed by atoms with Gasteiger partial charge in [0.05, 0.1) is 21.6 Å². The van der Waals surface area contributed by atoms with Crippen molar-refractivity contribution < 1.29 is 0 Å². The van der Waals surface area contributed by atoms with E-state index in [0.717, 1.165) is 16.8 Å². The predicted octanol–water partition coefficient (Wildman–Crippen LogP) is 3.16. The summed E-state index contributed by atoms with van der Waals surface area (Å²) < 4.78 is 1.64. The van der Waals surface area contributed by atoms with Crippen LogP contribution in [-0.2, 0) is 6.42 Å². The number of aryl methyl sites for hydroxylation is 2. The molecule has 0 saturated carbocycles. The van der Waals surface area contributed by atoms with Crippen LogP contribution in [0.3, 0.4) is 0 Å². The molecule has 0 atom stereocenters. The van der Waals surface area contributed by atoms with E-state index >= 15 is 0 Å². The van der Waals surface area contributed by atoms with Crippen molar-refractivity contribution in [2.75, 3.05) is 6.54 Å². The number of hydrogen-bond acceptors (Lipinski definition) is 3. The molecule has 4 nitrogen and oxygen atoms in total. The zero-order valence-corrected chi connectivity index (χ0v) is 13.9. The number of rotatable bonds is 3.